The van der Waals surface area contributed by atoms with E-state index in [0.29, 0.717) is 12.5 Å². The molecule has 0 spiro atoms. The molecule has 0 saturated carbocycles. The first kappa shape index (κ1) is 16.3. The molecule has 0 radical (unpaired) electrons. The maximum Gasteiger partial charge on any atom is 0.306 e. The summed E-state index contributed by atoms with van der Waals surface area (Å²) in [6.45, 7) is 2.13. The quantitative estimate of drug-likeness (QED) is 0.430. The number of esters is 1. The van der Waals surface area contributed by atoms with Crippen LogP contribution in [0.1, 0.15) is 64.7 Å². The van der Waals surface area contributed by atoms with Crippen LogP contribution in [0.25, 0.3) is 0 Å². The number of allylic oxidation sites excluding steroid dienone is 1. The third-order valence-corrected chi connectivity index (χ3v) is 4.06. The second-order valence-corrected chi connectivity index (χ2v) is 5.97. The van der Waals surface area contributed by atoms with Gasteiger partial charge < -0.3 is 9.47 Å². The number of rotatable bonds is 5. The first-order chi connectivity index (χ1) is 10.3. The van der Waals surface area contributed by atoms with Crippen LogP contribution < -0.4 is 0 Å². The Balaban J connectivity index is 1.75. The van der Waals surface area contributed by atoms with E-state index in [-0.39, 0.29) is 18.2 Å². The van der Waals surface area contributed by atoms with Crippen molar-refractivity contribution in [2.45, 2.75) is 83.0 Å². The van der Waals surface area contributed by atoms with Crippen molar-refractivity contribution in [1.82, 2.24) is 0 Å². The molecule has 2 aliphatic rings. The van der Waals surface area contributed by atoms with Crippen LogP contribution in [-0.4, -0.2) is 24.3 Å². The van der Waals surface area contributed by atoms with Crippen LogP contribution in [0.4, 0.5) is 0 Å². The Hall–Kier alpha value is -1.09. The summed E-state index contributed by atoms with van der Waals surface area (Å²) in [6.07, 6.45) is 18.2. The molecule has 2 fully saturated rings. The summed E-state index contributed by atoms with van der Waals surface area (Å²) >= 11 is 0. The molecule has 2 rings (SSSR count). The highest BCUT2D eigenvalue weighted by molar-refractivity contribution is 5.69. The van der Waals surface area contributed by atoms with E-state index >= 15 is 0 Å². The lowest BCUT2D eigenvalue weighted by Crippen LogP contribution is -2.17. The van der Waals surface area contributed by atoms with Gasteiger partial charge in [-0.2, -0.15) is 0 Å². The lowest BCUT2D eigenvalue weighted by Gasteiger charge is -2.16. The van der Waals surface area contributed by atoms with Gasteiger partial charge in [-0.15, -0.1) is 0 Å². The molecule has 0 unspecified atom stereocenters. The highest BCUT2D eigenvalue weighted by Crippen LogP contribution is 2.27. The van der Waals surface area contributed by atoms with Gasteiger partial charge in [0.25, 0.3) is 0 Å². The van der Waals surface area contributed by atoms with Crippen LogP contribution in [0.15, 0.2) is 24.3 Å². The van der Waals surface area contributed by atoms with Gasteiger partial charge in [0.15, 0.2) is 0 Å². The average molecular weight is 292 g/mol. The Morgan fingerprint density at radius 2 is 1.90 bits per heavy atom. The Morgan fingerprint density at radius 1 is 1.10 bits per heavy atom. The fraction of sp³-hybridized carbons (Fsp3) is 0.722. The van der Waals surface area contributed by atoms with E-state index in [1.54, 1.807) is 0 Å². The highest BCUT2D eigenvalue weighted by Gasteiger charge is 2.35. The van der Waals surface area contributed by atoms with Crippen molar-refractivity contribution in [3.8, 4) is 0 Å². The first-order valence-corrected chi connectivity index (χ1v) is 8.48. The third-order valence-electron chi connectivity index (χ3n) is 4.06. The highest BCUT2D eigenvalue weighted by atomic mass is 16.6. The van der Waals surface area contributed by atoms with Crippen LogP contribution in [0, 0.1) is 0 Å². The molecule has 118 valence electrons. The monoisotopic (exact) mass is 292 g/mol. The molecule has 3 heteroatoms. The van der Waals surface area contributed by atoms with E-state index in [1.165, 1.54) is 12.8 Å². The van der Waals surface area contributed by atoms with Gasteiger partial charge in [0.05, 0.1) is 6.10 Å². The Bertz CT molecular complexity index is 373. The van der Waals surface area contributed by atoms with Crippen molar-refractivity contribution in [3.63, 3.8) is 0 Å². The predicted molar refractivity (Wildman–Crippen MR) is 84.0 cm³/mol. The van der Waals surface area contributed by atoms with Crippen LogP contribution in [0.5, 0.6) is 0 Å². The molecular weight excluding hydrogens is 264 g/mol. The molecule has 0 aromatic carbocycles. The van der Waals surface area contributed by atoms with Crippen molar-refractivity contribution in [3.05, 3.63) is 24.3 Å². The molecule has 0 aliphatic carbocycles. The number of hydrogen-bond donors (Lipinski definition) is 0. The zero-order valence-corrected chi connectivity index (χ0v) is 13.1. The molecule has 3 atom stereocenters. The van der Waals surface area contributed by atoms with E-state index < -0.39 is 0 Å². The standard InChI is InChI=1S/C18H28O3/c1-2-3-7-11-16-17(21-16)14-13-15-10-8-5-4-6-9-12-18(19)20-15/h3,7,13-17H,2,4-6,8-12H2,1H3/b7-3-,14-13+/t15-,16+,17+/m0/s1. The van der Waals surface area contributed by atoms with Gasteiger partial charge in [-0.05, 0) is 38.2 Å². The van der Waals surface area contributed by atoms with Crippen LogP contribution >= 0.6 is 0 Å². The predicted octanol–water partition coefficient (Wildman–Crippen LogP) is 4.32. The van der Waals surface area contributed by atoms with E-state index in [0.717, 1.165) is 38.5 Å². The number of cyclic esters (lactones) is 1. The normalized spacial score (nSPS) is 31.5. The van der Waals surface area contributed by atoms with Gasteiger partial charge in [-0.1, -0.05) is 44.4 Å². The smallest absolute Gasteiger partial charge is 0.306 e. The van der Waals surface area contributed by atoms with Gasteiger partial charge in [0.1, 0.15) is 12.2 Å². The topological polar surface area (TPSA) is 38.8 Å². The van der Waals surface area contributed by atoms with Gasteiger partial charge in [-0.3, -0.25) is 4.79 Å². The number of hydrogen-bond acceptors (Lipinski definition) is 3. The molecule has 0 amide bonds. The molecule has 3 nitrogen and oxygen atoms in total. The fourth-order valence-electron chi connectivity index (χ4n) is 2.71. The van der Waals surface area contributed by atoms with Crippen molar-refractivity contribution >= 4 is 5.97 Å². The summed E-state index contributed by atoms with van der Waals surface area (Å²) in [5.74, 6) is -0.0503. The third kappa shape index (κ3) is 6.47. The summed E-state index contributed by atoms with van der Waals surface area (Å²) in [6, 6.07) is 0. The fourth-order valence-corrected chi connectivity index (χ4v) is 2.71. The summed E-state index contributed by atoms with van der Waals surface area (Å²) < 4.78 is 11.1. The van der Waals surface area contributed by atoms with E-state index in [4.69, 9.17) is 9.47 Å². The van der Waals surface area contributed by atoms with Gasteiger partial charge >= 0.3 is 5.97 Å². The van der Waals surface area contributed by atoms with E-state index in [9.17, 15) is 4.79 Å². The summed E-state index contributed by atoms with van der Waals surface area (Å²) in [4.78, 5) is 11.7. The number of epoxide rings is 1. The molecular formula is C18H28O3. The van der Waals surface area contributed by atoms with Crippen LogP contribution in [0.2, 0.25) is 0 Å². The van der Waals surface area contributed by atoms with Crippen molar-refractivity contribution < 1.29 is 14.3 Å². The van der Waals surface area contributed by atoms with Crippen LogP contribution in [0.3, 0.4) is 0 Å². The minimum atomic E-state index is -0.0633. The van der Waals surface area contributed by atoms with Gasteiger partial charge in [0.2, 0.25) is 0 Å². The number of ether oxygens (including phenoxy) is 2. The van der Waals surface area contributed by atoms with Crippen LogP contribution in [-0.2, 0) is 14.3 Å². The average Bonchev–Trinajstić information content (AvgIpc) is 3.22. The maximum absolute atomic E-state index is 11.7. The van der Waals surface area contributed by atoms with Gasteiger partial charge in [0, 0.05) is 6.42 Å². The minimum Gasteiger partial charge on any atom is -0.458 e. The molecule has 0 aromatic heterocycles. The van der Waals surface area contributed by atoms with Gasteiger partial charge in [-0.25, -0.2) is 0 Å². The van der Waals surface area contributed by atoms with E-state index in [1.807, 2.05) is 6.08 Å². The molecule has 0 aromatic rings. The lowest BCUT2D eigenvalue weighted by atomic mass is 10.0. The van der Waals surface area contributed by atoms with Crippen molar-refractivity contribution in [1.29, 1.82) is 0 Å². The first-order valence-electron chi connectivity index (χ1n) is 8.48. The second kappa shape index (κ2) is 9.04. The summed E-state index contributed by atoms with van der Waals surface area (Å²) in [7, 11) is 0. The van der Waals surface area contributed by atoms with Crippen molar-refractivity contribution in [2.75, 3.05) is 0 Å². The molecule has 0 bridgehead atoms. The summed E-state index contributed by atoms with van der Waals surface area (Å²) in [5.41, 5.74) is 0. The molecule has 2 saturated heterocycles. The maximum atomic E-state index is 11.7. The number of carbonyl (C=O) groups excluding carboxylic acids is 1. The SMILES string of the molecule is CC/C=C\C[C@H]1O[C@@H]1/C=C/[C@@H]1CCCCCCCC(=O)O1. The Labute approximate surface area is 128 Å². The van der Waals surface area contributed by atoms with E-state index in [2.05, 4.69) is 25.2 Å². The summed E-state index contributed by atoms with van der Waals surface area (Å²) in [5, 5.41) is 0. The molecule has 2 aliphatic heterocycles. The molecule has 0 N–H and O–H groups in total. The lowest BCUT2D eigenvalue weighted by molar-refractivity contribution is -0.147. The largest absolute Gasteiger partial charge is 0.458 e. The minimum absolute atomic E-state index is 0.0503. The second-order valence-electron chi connectivity index (χ2n) is 5.97. The Morgan fingerprint density at radius 3 is 2.76 bits per heavy atom. The Kier molecular flexibility index (Phi) is 7.01. The number of carbonyl (C=O) groups is 1. The van der Waals surface area contributed by atoms with Crippen molar-refractivity contribution in [2.24, 2.45) is 0 Å². The molecule has 21 heavy (non-hydrogen) atoms. The molecule has 2 heterocycles. The zero-order chi connectivity index (χ0) is 14.9. The zero-order valence-electron chi connectivity index (χ0n) is 13.1.